The second kappa shape index (κ2) is 14.8. The fourth-order valence-electron chi connectivity index (χ4n) is 10.2. The van der Waals surface area contributed by atoms with Gasteiger partial charge in [0.05, 0.1) is 27.2 Å². The van der Waals surface area contributed by atoms with Crippen molar-refractivity contribution in [3.05, 3.63) is 11.6 Å². The van der Waals surface area contributed by atoms with Crippen LogP contribution in [0.1, 0.15) is 125 Å². The molecule has 238 valence electrons. The number of aliphatic hydroxyl groups excluding tert-OH is 1. The third-order valence-corrected chi connectivity index (χ3v) is 12.7. The summed E-state index contributed by atoms with van der Waals surface area (Å²) in [4.78, 5) is 12.7. The second-order valence-electron chi connectivity index (χ2n) is 16.2. The molecule has 4 aliphatic rings. The van der Waals surface area contributed by atoms with Gasteiger partial charge in [0.1, 0.15) is 12.6 Å². The van der Waals surface area contributed by atoms with Crippen LogP contribution < -0.4 is 24.0 Å². The third-order valence-electron chi connectivity index (χ3n) is 12.7. The van der Waals surface area contributed by atoms with Crippen molar-refractivity contribution < 1.29 is 43.1 Å². The van der Waals surface area contributed by atoms with Crippen molar-refractivity contribution in [3.63, 3.8) is 0 Å². The SMILES string of the molecule is CC(C)CCC[C@@H](C)[C@H]1CC[C@H]2[C@@H]3CC=C4C[C@@H](OC(=O)CCCC[N+](C)(C)CCO)CC[C@]4(C)[C@H]3CC[C@]12C.[I-]. The Kier molecular flexibility index (Phi) is 12.7. The number of quaternary nitrogens is 1. The van der Waals surface area contributed by atoms with E-state index >= 15 is 0 Å². The minimum absolute atomic E-state index is 0. The van der Waals surface area contributed by atoms with Crippen LogP contribution in [-0.4, -0.2) is 55.5 Å². The van der Waals surface area contributed by atoms with Crippen molar-refractivity contribution in [2.75, 3.05) is 33.8 Å². The van der Waals surface area contributed by atoms with Crippen molar-refractivity contribution in [2.24, 2.45) is 46.3 Å². The molecule has 5 heteroatoms. The molecule has 0 radical (unpaired) electrons. The first-order valence-electron chi connectivity index (χ1n) is 17.2. The number of hydrogen-bond acceptors (Lipinski definition) is 3. The Balaban J connectivity index is 0.00000462. The largest absolute Gasteiger partial charge is 1.00 e. The minimum Gasteiger partial charge on any atom is -1.00 e. The summed E-state index contributed by atoms with van der Waals surface area (Å²) in [7, 11) is 4.28. The molecule has 0 aromatic rings. The van der Waals surface area contributed by atoms with Crippen LogP contribution in [0.25, 0.3) is 0 Å². The van der Waals surface area contributed by atoms with Crippen molar-refractivity contribution in [2.45, 2.75) is 131 Å². The lowest BCUT2D eigenvalue weighted by Gasteiger charge is -2.58. The quantitative estimate of drug-likeness (QED) is 0.0957. The summed E-state index contributed by atoms with van der Waals surface area (Å²) in [5.74, 6) is 5.17. The Bertz CT molecular complexity index is 886. The maximum absolute atomic E-state index is 12.7. The highest BCUT2D eigenvalue weighted by Crippen LogP contribution is 2.67. The molecule has 8 atom stereocenters. The van der Waals surface area contributed by atoms with E-state index in [9.17, 15) is 9.90 Å². The molecule has 1 N–H and O–H groups in total. The average Bonchev–Trinajstić information content (AvgIpc) is 3.24. The maximum Gasteiger partial charge on any atom is 0.306 e. The van der Waals surface area contributed by atoms with Crippen LogP contribution in [0.4, 0.5) is 0 Å². The summed E-state index contributed by atoms with van der Waals surface area (Å²) in [6, 6.07) is 0. The van der Waals surface area contributed by atoms with Gasteiger partial charge in [0.25, 0.3) is 0 Å². The lowest BCUT2D eigenvalue weighted by atomic mass is 9.47. The zero-order chi connectivity index (χ0) is 29.1. The molecular formula is C36H64INO3. The molecule has 41 heavy (non-hydrogen) atoms. The van der Waals surface area contributed by atoms with Gasteiger partial charge >= 0.3 is 5.97 Å². The Morgan fingerprint density at radius 1 is 1.00 bits per heavy atom. The van der Waals surface area contributed by atoms with E-state index in [4.69, 9.17) is 4.74 Å². The number of fused-ring (bicyclic) bond motifs is 5. The Hall–Kier alpha value is -0.140. The molecule has 3 fully saturated rings. The first-order chi connectivity index (χ1) is 18.9. The number of halogens is 1. The number of esters is 1. The smallest absolute Gasteiger partial charge is 0.306 e. The van der Waals surface area contributed by atoms with E-state index in [0.717, 1.165) is 78.8 Å². The van der Waals surface area contributed by atoms with E-state index in [0.29, 0.717) is 17.3 Å². The monoisotopic (exact) mass is 685 g/mol. The summed E-state index contributed by atoms with van der Waals surface area (Å²) >= 11 is 0. The molecule has 0 amide bonds. The normalized spacial score (nSPS) is 35.5. The van der Waals surface area contributed by atoms with Gasteiger partial charge in [-0.25, -0.2) is 0 Å². The predicted molar refractivity (Wildman–Crippen MR) is 166 cm³/mol. The van der Waals surface area contributed by atoms with E-state index in [1.807, 2.05) is 0 Å². The van der Waals surface area contributed by atoms with E-state index in [1.54, 1.807) is 5.57 Å². The van der Waals surface area contributed by atoms with Crippen molar-refractivity contribution in [1.29, 1.82) is 0 Å². The van der Waals surface area contributed by atoms with Crippen LogP contribution in [-0.2, 0) is 9.53 Å². The molecule has 0 bridgehead atoms. The Morgan fingerprint density at radius 2 is 1.76 bits per heavy atom. The average molecular weight is 686 g/mol. The molecule has 0 unspecified atom stereocenters. The molecule has 3 saturated carbocycles. The molecule has 0 heterocycles. The molecule has 0 spiro atoms. The van der Waals surface area contributed by atoms with Crippen LogP contribution in [0.3, 0.4) is 0 Å². The first kappa shape index (κ1) is 35.3. The van der Waals surface area contributed by atoms with Gasteiger partial charge in [0, 0.05) is 12.8 Å². The molecule has 4 nitrogen and oxygen atoms in total. The van der Waals surface area contributed by atoms with Gasteiger partial charge in [0.2, 0.25) is 0 Å². The Morgan fingerprint density at radius 3 is 2.46 bits per heavy atom. The highest BCUT2D eigenvalue weighted by atomic mass is 127. The summed E-state index contributed by atoms with van der Waals surface area (Å²) < 4.78 is 6.86. The highest BCUT2D eigenvalue weighted by Gasteiger charge is 2.59. The standard InChI is InChI=1S/C36H64NO3.HI/c1-26(2)11-10-12-27(3)31-16-17-32-30-15-14-28-25-29(18-20-35(28,4)33(30)19-21-36(31,32)5)40-34(39)13-8-9-22-37(6,7)23-24-38;/h14,26-27,29-33,38H,8-13,15-25H2,1-7H3;1H/q+1;/p-1/t27-,29+,30+,31-,32+,33+,35+,36-;/m1./s1. The number of rotatable bonds is 13. The van der Waals surface area contributed by atoms with Gasteiger partial charge in [-0.2, -0.15) is 0 Å². The maximum atomic E-state index is 12.7. The molecular weight excluding hydrogens is 621 g/mol. The summed E-state index contributed by atoms with van der Waals surface area (Å²) in [6.07, 6.45) is 19.4. The fraction of sp³-hybridized carbons (Fsp3) is 0.917. The molecule has 0 aromatic carbocycles. The number of aliphatic hydroxyl groups is 1. The van der Waals surface area contributed by atoms with E-state index in [2.05, 4.69) is 54.8 Å². The van der Waals surface area contributed by atoms with Crippen molar-refractivity contribution >= 4 is 5.97 Å². The van der Waals surface area contributed by atoms with Gasteiger partial charge in [-0.05, 0) is 104 Å². The van der Waals surface area contributed by atoms with Gasteiger partial charge in [-0.15, -0.1) is 0 Å². The molecule has 4 rings (SSSR count). The number of ether oxygens (including phenoxy) is 1. The zero-order valence-corrected chi connectivity index (χ0v) is 29.9. The number of unbranched alkanes of at least 4 members (excludes halogenated alkanes) is 1. The Labute approximate surface area is 270 Å². The second-order valence-corrected chi connectivity index (χ2v) is 16.2. The van der Waals surface area contributed by atoms with Crippen LogP contribution in [0.5, 0.6) is 0 Å². The van der Waals surface area contributed by atoms with E-state index in [1.165, 1.54) is 57.8 Å². The first-order valence-corrected chi connectivity index (χ1v) is 17.2. The number of nitrogens with zero attached hydrogens (tertiary/aromatic N) is 1. The third kappa shape index (κ3) is 8.12. The van der Waals surface area contributed by atoms with Crippen LogP contribution in [0.15, 0.2) is 11.6 Å². The summed E-state index contributed by atoms with van der Waals surface area (Å²) in [5.41, 5.74) is 2.46. The number of carbonyl (C=O) groups excluding carboxylic acids is 1. The lowest BCUT2D eigenvalue weighted by Crippen LogP contribution is -3.00. The van der Waals surface area contributed by atoms with Crippen LogP contribution >= 0.6 is 0 Å². The zero-order valence-electron chi connectivity index (χ0n) is 27.7. The van der Waals surface area contributed by atoms with Gasteiger partial charge in [-0.1, -0.05) is 65.5 Å². The van der Waals surface area contributed by atoms with E-state index in [-0.39, 0.29) is 42.7 Å². The van der Waals surface area contributed by atoms with E-state index < -0.39 is 0 Å². The summed E-state index contributed by atoms with van der Waals surface area (Å²) in [5, 5.41) is 9.22. The molecule has 4 aliphatic carbocycles. The van der Waals surface area contributed by atoms with Gasteiger partial charge < -0.3 is 38.3 Å². The lowest BCUT2D eigenvalue weighted by molar-refractivity contribution is -0.890. The highest BCUT2D eigenvalue weighted by molar-refractivity contribution is 5.69. The molecule has 0 aromatic heterocycles. The van der Waals surface area contributed by atoms with Gasteiger partial charge in [-0.3, -0.25) is 4.79 Å². The van der Waals surface area contributed by atoms with Crippen molar-refractivity contribution in [3.8, 4) is 0 Å². The summed E-state index contributed by atoms with van der Waals surface area (Å²) in [6.45, 7) is 14.5. The number of carbonyl (C=O) groups is 1. The van der Waals surface area contributed by atoms with Gasteiger partial charge in [0.15, 0.2) is 0 Å². The minimum atomic E-state index is -0.0108. The molecule has 0 aliphatic heterocycles. The molecule has 0 saturated heterocycles. The number of allylic oxidation sites excluding steroid dienone is 1. The number of hydrogen-bond donors (Lipinski definition) is 1. The topological polar surface area (TPSA) is 46.5 Å². The van der Waals surface area contributed by atoms with Crippen LogP contribution in [0.2, 0.25) is 0 Å². The number of likely N-dealkylation sites (N-methyl/N-ethyl adjacent to an activating group) is 1. The predicted octanol–water partition coefficient (Wildman–Crippen LogP) is 5.18. The fourth-order valence-corrected chi connectivity index (χ4v) is 10.2. The van der Waals surface area contributed by atoms with Crippen molar-refractivity contribution in [1.82, 2.24) is 0 Å². The van der Waals surface area contributed by atoms with Crippen LogP contribution in [0, 0.1) is 46.3 Å².